The van der Waals surface area contributed by atoms with Crippen molar-refractivity contribution in [2.24, 2.45) is 0 Å². The molecule has 0 radical (unpaired) electrons. The van der Waals surface area contributed by atoms with Gasteiger partial charge in [0, 0.05) is 24.1 Å². The van der Waals surface area contributed by atoms with Gasteiger partial charge in [-0.3, -0.25) is 14.4 Å². The van der Waals surface area contributed by atoms with Crippen LogP contribution in [-0.2, 0) is 19.0 Å². The van der Waals surface area contributed by atoms with Gasteiger partial charge in [0.2, 0.25) is 28.6 Å². The molecule has 0 heterocycles. The second kappa shape index (κ2) is 7.35. The zero-order chi connectivity index (χ0) is 25.3. The number of phenols is 2. The molecule has 0 aliphatic heterocycles. The number of methoxy groups -OCH3 is 3. The number of ketones is 3. The Hall–Kier alpha value is -3.80. The van der Waals surface area contributed by atoms with Crippen LogP contribution in [0.25, 0.3) is 10.8 Å². The molecule has 11 heteroatoms. The van der Waals surface area contributed by atoms with Gasteiger partial charge in [0.15, 0.2) is 6.10 Å². The molecule has 0 bridgehead atoms. The van der Waals surface area contributed by atoms with E-state index in [1.165, 1.54) is 6.92 Å². The van der Waals surface area contributed by atoms with Gasteiger partial charge in [0.05, 0.1) is 19.8 Å². The number of benzene rings is 2. The van der Waals surface area contributed by atoms with Gasteiger partial charge < -0.3 is 34.6 Å². The maximum absolute atomic E-state index is 13.7. The molecular weight excluding hydrogens is 452 g/mol. The van der Waals surface area contributed by atoms with Crippen molar-refractivity contribution in [1.82, 2.24) is 0 Å². The molecule has 3 atom stereocenters. The van der Waals surface area contributed by atoms with Gasteiger partial charge in [-0.05, 0) is 30.0 Å². The minimum absolute atomic E-state index is 0.0336. The van der Waals surface area contributed by atoms with Gasteiger partial charge in [-0.1, -0.05) is 0 Å². The number of esters is 1. The molecule has 0 saturated carbocycles. The first kappa shape index (κ1) is 23.4. The monoisotopic (exact) mass is 472 g/mol. The fraction of sp³-hybridized carbons (Fsp3) is 0.304. The highest BCUT2D eigenvalue weighted by molar-refractivity contribution is 6.35. The number of phenolic OH excluding ortho intramolecular Hbond substituents is 2. The SMILES string of the molecule is COC(=O)c1c(O)cc2cc3c(c(O)c2c1C)C(=O)[C@]1(OC)C(=O)C=C(OC)[C@H](O)[C@]1(O)C3=O. The van der Waals surface area contributed by atoms with Crippen LogP contribution in [0, 0.1) is 6.92 Å². The van der Waals surface area contributed by atoms with Crippen molar-refractivity contribution in [3.8, 4) is 11.5 Å². The highest BCUT2D eigenvalue weighted by atomic mass is 16.5. The topological polar surface area (TPSA) is 177 Å². The van der Waals surface area contributed by atoms with Crippen LogP contribution < -0.4 is 0 Å². The first-order valence-electron chi connectivity index (χ1n) is 9.89. The van der Waals surface area contributed by atoms with Gasteiger partial charge in [0.1, 0.15) is 22.8 Å². The number of aromatic hydroxyl groups is 2. The van der Waals surface area contributed by atoms with Gasteiger partial charge in [-0.25, -0.2) is 4.79 Å². The summed E-state index contributed by atoms with van der Waals surface area (Å²) in [4.78, 5) is 52.4. The maximum atomic E-state index is 13.7. The van der Waals surface area contributed by atoms with Crippen LogP contribution in [0.4, 0.5) is 0 Å². The third kappa shape index (κ3) is 2.45. The summed E-state index contributed by atoms with van der Waals surface area (Å²) >= 11 is 0. The Morgan fingerprint density at radius 3 is 2.26 bits per heavy atom. The fourth-order valence-electron chi connectivity index (χ4n) is 4.87. The molecule has 0 amide bonds. The predicted octanol–water partition coefficient (Wildman–Crippen LogP) is 0.315. The van der Waals surface area contributed by atoms with Crippen LogP contribution in [0.3, 0.4) is 0 Å². The quantitative estimate of drug-likeness (QED) is 0.357. The smallest absolute Gasteiger partial charge is 0.341 e. The number of Topliss-reactive ketones (excluding diaryl/α,β-unsaturated/α-hetero) is 2. The number of hydrogen-bond acceptors (Lipinski definition) is 11. The minimum Gasteiger partial charge on any atom is -0.507 e. The van der Waals surface area contributed by atoms with Crippen LogP contribution in [0.5, 0.6) is 11.5 Å². The first-order valence-corrected chi connectivity index (χ1v) is 9.89. The van der Waals surface area contributed by atoms with E-state index in [0.29, 0.717) is 0 Å². The van der Waals surface area contributed by atoms with Crippen LogP contribution in [-0.4, -0.2) is 82.4 Å². The number of hydrogen-bond donors (Lipinski definition) is 4. The first-order chi connectivity index (χ1) is 15.9. The van der Waals surface area contributed by atoms with E-state index in [1.54, 1.807) is 0 Å². The van der Waals surface area contributed by atoms with E-state index in [4.69, 9.17) is 9.47 Å². The highest BCUT2D eigenvalue weighted by Crippen LogP contribution is 2.50. The number of rotatable bonds is 3. The molecule has 2 aliphatic carbocycles. The molecule has 2 aromatic rings. The molecule has 0 aromatic heterocycles. The van der Waals surface area contributed by atoms with Crippen LogP contribution >= 0.6 is 0 Å². The molecular formula is C23H20O11. The van der Waals surface area contributed by atoms with Crippen molar-refractivity contribution in [3.63, 3.8) is 0 Å². The second-order valence-corrected chi connectivity index (χ2v) is 7.96. The van der Waals surface area contributed by atoms with Crippen molar-refractivity contribution >= 4 is 34.1 Å². The molecule has 4 N–H and O–H groups in total. The van der Waals surface area contributed by atoms with E-state index in [-0.39, 0.29) is 21.9 Å². The van der Waals surface area contributed by atoms with E-state index < -0.39 is 69.0 Å². The standard InChI is InChI=1S/C23H20O11/c1-8-14-9(6-11(24)15(8)21(30)33-3)5-10-16(17(14)26)20(29)23(34-4)13(25)7-12(32-2)19(28)22(23,31)18(10)27/h5-7,19,24,26,28,31H,1-4H3/t19-,22+,23+/m0/s1. The van der Waals surface area contributed by atoms with Gasteiger partial charge in [-0.15, -0.1) is 0 Å². The maximum Gasteiger partial charge on any atom is 0.341 e. The van der Waals surface area contributed by atoms with Crippen molar-refractivity contribution in [2.45, 2.75) is 24.2 Å². The third-order valence-corrected chi connectivity index (χ3v) is 6.52. The fourth-order valence-corrected chi connectivity index (χ4v) is 4.87. The molecule has 2 aliphatic rings. The molecule has 178 valence electrons. The lowest BCUT2D eigenvalue weighted by Gasteiger charge is -2.49. The van der Waals surface area contributed by atoms with Crippen LogP contribution in [0.15, 0.2) is 24.0 Å². The summed E-state index contributed by atoms with van der Waals surface area (Å²) in [6.07, 6.45) is -1.43. The average molecular weight is 472 g/mol. The third-order valence-electron chi connectivity index (χ3n) is 6.52. The number of carbonyl (C=O) groups excluding carboxylic acids is 4. The Kier molecular flexibility index (Phi) is 5.05. The Morgan fingerprint density at radius 1 is 1.06 bits per heavy atom. The lowest BCUT2D eigenvalue weighted by Crippen LogP contribution is -2.77. The zero-order valence-electron chi connectivity index (χ0n) is 18.5. The average Bonchev–Trinajstić information content (AvgIpc) is 2.79. The molecule has 4 rings (SSSR count). The summed E-state index contributed by atoms with van der Waals surface area (Å²) in [5, 5.41) is 43.6. The number of carbonyl (C=O) groups is 4. The summed E-state index contributed by atoms with van der Waals surface area (Å²) in [7, 11) is 3.08. The van der Waals surface area contributed by atoms with E-state index in [1.807, 2.05) is 0 Å². The van der Waals surface area contributed by atoms with E-state index in [2.05, 4.69) is 4.74 Å². The largest absolute Gasteiger partial charge is 0.507 e. The normalized spacial score (nSPS) is 26.1. The molecule has 0 unspecified atom stereocenters. The summed E-state index contributed by atoms with van der Waals surface area (Å²) in [6, 6.07) is 2.16. The highest BCUT2D eigenvalue weighted by Gasteiger charge is 2.74. The molecule has 0 fully saturated rings. The number of aryl methyl sites for hydroxylation is 1. The van der Waals surface area contributed by atoms with E-state index in [0.717, 1.165) is 39.5 Å². The molecule has 0 saturated heterocycles. The van der Waals surface area contributed by atoms with Crippen molar-refractivity contribution in [3.05, 3.63) is 46.2 Å². The Labute approximate surface area is 191 Å². The van der Waals surface area contributed by atoms with Gasteiger partial charge in [-0.2, -0.15) is 0 Å². The summed E-state index contributed by atoms with van der Waals surface area (Å²) in [6.45, 7) is 1.38. The minimum atomic E-state index is -3.12. The predicted molar refractivity (Wildman–Crippen MR) is 113 cm³/mol. The number of aliphatic hydroxyl groups excluding tert-OH is 1. The molecule has 2 aromatic carbocycles. The summed E-state index contributed by atoms with van der Waals surface area (Å²) in [5.74, 6) is -6.44. The number of ether oxygens (including phenoxy) is 3. The lowest BCUT2D eigenvalue weighted by molar-refractivity contribution is -0.180. The summed E-state index contributed by atoms with van der Waals surface area (Å²) < 4.78 is 14.7. The van der Waals surface area contributed by atoms with Gasteiger partial charge >= 0.3 is 5.97 Å². The summed E-state index contributed by atoms with van der Waals surface area (Å²) in [5.41, 5.74) is -7.46. The van der Waals surface area contributed by atoms with Crippen LogP contribution in [0.1, 0.15) is 36.6 Å². The van der Waals surface area contributed by atoms with Crippen molar-refractivity contribution in [1.29, 1.82) is 0 Å². The van der Waals surface area contributed by atoms with Crippen molar-refractivity contribution in [2.75, 3.05) is 21.3 Å². The Morgan fingerprint density at radius 2 is 1.71 bits per heavy atom. The number of aliphatic hydroxyl groups is 2. The Balaban J connectivity index is 2.14. The van der Waals surface area contributed by atoms with E-state index >= 15 is 0 Å². The molecule has 0 spiro atoms. The van der Waals surface area contributed by atoms with Crippen LogP contribution in [0.2, 0.25) is 0 Å². The lowest BCUT2D eigenvalue weighted by atomic mass is 9.60. The molecule has 11 nitrogen and oxygen atoms in total. The molecule has 34 heavy (non-hydrogen) atoms. The zero-order valence-corrected chi connectivity index (χ0v) is 18.5. The Bertz CT molecular complexity index is 1350. The van der Waals surface area contributed by atoms with Crippen molar-refractivity contribution < 1.29 is 53.8 Å². The number of fused-ring (bicyclic) bond motifs is 3. The van der Waals surface area contributed by atoms with E-state index in [9.17, 15) is 39.6 Å². The second-order valence-electron chi connectivity index (χ2n) is 7.96. The van der Waals surface area contributed by atoms with Gasteiger partial charge in [0.25, 0.3) is 0 Å².